The molecule has 188 valence electrons. The molecule has 0 amide bonds. The third-order valence-corrected chi connectivity index (χ3v) is 7.41. The van der Waals surface area contributed by atoms with Crippen LogP contribution < -0.4 is 10.2 Å². The number of carboxylic acids is 1. The molecule has 2 aromatic heterocycles. The van der Waals surface area contributed by atoms with Gasteiger partial charge in [0.05, 0.1) is 23.3 Å². The summed E-state index contributed by atoms with van der Waals surface area (Å²) in [5, 5.41) is 13.5. The molecule has 37 heavy (non-hydrogen) atoms. The van der Waals surface area contributed by atoms with Crippen molar-refractivity contribution in [1.82, 2.24) is 14.9 Å². The Labute approximate surface area is 222 Å². The van der Waals surface area contributed by atoms with Gasteiger partial charge < -0.3 is 19.9 Å². The van der Waals surface area contributed by atoms with Crippen LogP contribution in [-0.2, 0) is 0 Å². The lowest BCUT2D eigenvalue weighted by Gasteiger charge is -2.28. The number of pyridine rings is 1. The van der Waals surface area contributed by atoms with E-state index < -0.39 is 5.97 Å². The van der Waals surface area contributed by atoms with Crippen LogP contribution in [0.4, 0.5) is 5.69 Å². The van der Waals surface area contributed by atoms with Crippen LogP contribution in [0.3, 0.4) is 0 Å². The minimum atomic E-state index is -0.934. The highest BCUT2D eigenvalue weighted by molar-refractivity contribution is 7.80. The van der Waals surface area contributed by atoms with E-state index in [4.69, 9.17) is 12.2 Å². The van der Waals surface area contributed by atoms with Gasteiger partial charge in [-0.3, -0.25) is 4.98 Å². The van der Waals surface area contributed by atoms with Crippen LogP contribution in [0.2, 0.25) is 0 Å². The number of hydrogen-bond donors (Lipinski definition) is 2. The number of carbonyl (C=O) groups is 1. The van der Waals surface area contributed by atoms with E-state index in [0.29, 0.717) is 11.0 Å². The normalized spacial score (nSPS) is 17.3. The molecular weight excluding hydrogens is 480 g/mol. The van der Waals surface area contributed by atoms with E-state index >= 15 is 0 Å². The van der Waals surface area contributed by atoms with Gasteiger partial charge in [-0.25, -0.2) is 4.79 Å². The van der Waals surface area contributed by atoms with E-state index in [0.717, 1.165) is 34.0 Å². The molecule has 0 unspecified atom stereocenters. The summed E-state index contributed by atoms with van der Waals surface area (Å²) in [4.78, 5) is 18.2. The van der Waals surface area contributed by atoms with E-state index in [1.165, 1.54) is 5.56 Å². The Kier molecular flexibility index (Phi) is 6.56. The van der Waals surface area contributed by atoms with Gasteiger partial charge in [-0.05, 0) is 97.7 Å². The summed E-state index contributed by atoms with van der Waals surface area (Å²) < 4.78 is 2.16. The molecule has 0 bridgehead atoms. The van der Waals surface area contributed by atoms with E-state index in [9.17, 15) is 9.90 Å². The van der Waals surface area contributed by atoms with Gasteiger partial charge >= 0.3 is 5.97 Å². The zero-order chi connectivity index (χ0) is 26.3. The molecule has 0 spiro atoms. The van der Waals surface area contributed by atoms with Crippen molar-refractivity contribution < 1.29 is 9.90 Å². The Morgan fingerprint density at radius 3 is 2.27 bits per heavy atom. The van der Waals surface area contributed by atoms with Crippen LogP contribution in [0, 0.1) is 13.8 Å². The van der Waals surface area contributed by atoms with Crippen molar-refractivity contribution in [2.75, 3.05) is 4.90 Å². The lowest BCUT2D eigenvalue weighted by atomic mass is 9.96. The maximum Gasteiger partial charge on any atom is 0.335 e. The molecule has 2 N–H and O–H groups in total. The van der Waals surface area contributed by atoms with Gasteiger partial charge in [0.25, 0.3) is 0 Å². The van der Waals surface area contributed by atoms with Crippen LogP contribution in [-0.4, -0.2) is 25.7 Å². The third-order valence-electron chi connectivity index (χ3n) is 7.10. The molecule has 7 heteroatoms. The molecule has 2 aromatic carbocycles. The third kappa shape index (κ3) is 4.51. The van der Waals surface area contributed by atoms with Crippen molar-refractivity contribution in [1.29, 1.82) is 0 Å². The Morgan fingerprint density at radius 1 is 1.00 bits per heavy atom. The molecule has 0 radical (unpaired) electrons. The Hall–Kier alpha value is -3.97. The topological polar surface area (TPSA) is 70.4 Å². The van der Waals surface area contributed by atoms with Crippen LogP contribution in [0.25, 0.3) is 5.69 Å². The first-order valence-electron chi connectivity index (χ1n) is 12.4. The number of hydrogen-bond acceptors (Lipinski definition) is 3. The number of benzene rings is 2. The first-order valence-corrected chi connectivity index (χ1v) is 12.8. The summed E-state index contributed by atoms with van der Waals surface area (Å²) in [5.41, 5.74) is 7.68. The minimum absolute atomic E-state index is 0.120. The number of thiocarbonyl (C=S) groups is 1. The largest absolute Gasteiger partial charge is 0.478 e. The fourth-order valence-electron chi connectivity index (χ4n) is 5.21. The van der Waals surface area contributed by atoms with Crippen LogP contribution in [0.5, 0.6) is 0 Å². The molecular formula is C30H30N4O2S. The number of rotatable bonds is 6. The average Bonchev–Trinajstić information content (AvgIpc) is 3.39. The zero-order valence-corrected chi connectivity index (χ0v) is 22.2. The minimum Gasteiger partial charge on any atom is -0.478 e. The number of carboxylic acid groups (broad SMARTS) is 1. The van der Waals surface area contributed by atoms with E-state index in [1.54, 1.807) is 12.1 Å². The van der Waals surface area contributed by atoms with E-state index in [1.807, 2.05) is 36.5 Å². The zero-order valence-electron chi connectivity index (χ0n) is 21.3. The molecule has 5 rings (SSSR count). The predicted molar refractivity (Wildman–Crippen MR) is 151 cm³/mol. The van der Waals surface area contributed by atoms with Crippen molar-refractivity contribution in [2.45, 2.75) is 45.7 Å². The number of aryl methyl sites for hydroxylation is 1. The second-order valence-electron chi connectivity index (χ2n) is 9.76. The second-order valence-corrected chi connectivity index (χ2v) is 10.1. The smallest absolute Gasteiger partial charge is 0.335 e. The van der Waals surface area contributed by atoms with Gasteiger partial charge in [0, 0.05) is 29.0 Å². The number of aromatic nitrogens is 2. The highest BCUT2D eigenvalue weighted by Gasteiger charge is 2.42. The van der Waals surface area contributed by atoms with Crippen LogP contribution in [0.15, 0.2) is 79.0 Å². The Balaban J connectivity index is 1.63. The first kappa shape index (κ1) is 24.7. The van der Waals surface area contributed by atoms with Gasteiger partial charge in [0.1, 0.15) is 0 Å². The standard InChI is InChI=1S/C30H30N4O2S/c1-18(2)21-8-12-24(13-9-21)34-28(27(32-30(34)37)26-7-5-6-16-31-26)25-17-19(3)33(20(25)4)23-14-10-22(11-15-23)29(35)36/h5-18,27-28H,1-4H3,(H,32,37)(H,35,36)/t27-,28+/m0/s1. The second kappa shape index (κ2) is 9.82. The molecule has 0 aliphatic carbocycles. The SMILES string of the molecule is Cc1cc([C@@H]2[C@H](c3ccccn3)NC(=S)N2c2ccc(C(C)C)cc2)c(C)n1-c1ccc(C(=O)O)cc1. The molecule has 1 saturated heterocycles. The first-order chi connectivity index (χ1) is 17.8. The number of aromatic carboxylic acids is 1. The van der Waals surface area contributed by atoms with Crippen molar-refractivity contribution in [3.05, 3.63) is 113 Å². The summed E-state index contributed by atoms with van der Waals surface area (Å²) in [6.45, 7) is 8.55. The Morgan fingerprint density at radius 2 is 1.68 bits per heavy atom. The summed E-state index contributed by atoms with van der Waals surface area (Å²) in [7, 11) is 0. The van der Waals surface area contributed by atoms with Crippen molar-refractivity contribution in [3.63, 3.8) is 0 Å². The van der Waals surface area contributed by atoms with Gasteiger partial charge in [0.15, 0.2) is 5.11 Å². The molecule has 1 fully saturated rings. The Bertz CT molecular complexity index is 1440. The predicted octanol–water partition coefficient (Wildman–Crippen LogP) is 6.49. The summed E-state index contributed by atoms with van der Waals surface area (Å²) >= 11 is 5.90. The average molecular weight is 511 g/mol. The molecule has 1 aliphatic rings. The van der Waals surface area contributed by atoms with Crippen molar-refractivity contribution in [3.8, 4) is 5.69 Å². The lowest BCUT2D eigenvalue weighted by molar-refractivity contribution is 0.0697. The maximum atomic E-state index is 11.4. The summed E-state index contributed by atoms with van der Waals surface area (Å²) in [5.74, 6) is -0.489. The molecule has 0 saturated carbocycles. The van der Waals surface area contributed by atoms with E-state index in [-0.39, 0.29) is 17.6 Å². The van der Waals surface area contributed by atoms with E-state index in [2.05, 4.69) is 77.8 Å². The van der Waals surface area contributed by atoms with Gasteiger partial charge in [-0.15, -0.1) is 0 Å². The molecule has 3 heterocycles. The van der Waals surface area contributed by atoms with Gasteiger partial charge in [0.2, 0.25) is 0 Å². The van der Waals surface area contributed by atoms with Gasteiger partial charge in [-0.1, -0.05) is 32.0 Å². The number of anilines is 1. The fraction of sp³-hybridized carbons (Fsp3) is 0.233. The monoisotopic (exact) mass is 510 g/mol. The van der Waals surface area contributed by atoms with Crippen molar-refractivity contribution in [2.24, 2.45) is 0 Å². The lowest BCUT2D eigenvalue weighted by Crippen LogP contribution is -2.29. The van der Waals surface area contributed by atoms with Crippen molar-refractivity contribution >= 4 is 29.0 Å². The maximum absolute atomic E-state index is 11.4. The highest BCUT2D eigenvalue weighted by Crippen LogP contribution is 2.44. The molecule has 6 nitrogen and oxygen atoms in total. The summed E-state index contributed by atoms with van der Waals surface area (Å²) in [6.07, 6.45) is 1.81. The summed E-state index contributed by atoms with van der Waals surface area (Å²) in [6, 6.07) is 23.5. The van der Waals surface area contributed by atoms with Gasteiger partial charge in [-0.2, -0.15) is 0 Å². The van der Waals surface area contributed by atoms with Crippen LogP contribution in [0.1, 0.15) is 70.4 Å². The van der Waals surface area contributed by atoms with Crippen LogP contribution >= 0.6 is 12.2 Å². The highest BCUT2D eigenvalue weighted by atomic mass is 32.1. The molecule has 1 aliphatic heterocycles. The molecule has 2 atom stereocenters. The fourth-order valence-corrected chi connectivity index (χ4v) is 5.55. The quantitative estimate of drug-likeness (QED) is 0.289. The molecule has 4 aromatic rings. The number of nitrogens with zero attached hydrogens (tertiary/aromatic N) is 3. The number of nitrogens with one attached hydrogen (secondary N) is 1.